The molecule has 1 aliphatic heterocycles. The molecule has 0 atom stereocenters. The number of amides is 1. The molecule has 0 spiro atoms. The Morgan fingerprint density at radius 2 is 1.92 bits per heavy atom. The van der Waals surface area contributed by atoms with Crippen LogP contribution in [0.1, 0.15) is 55.5 Å². The van der Waals surface area contributed by atoms with E-state index in [0.717, 1.165) is 23.9 Å². The molecule has 26 heavy (non-hydrogen) atoms. The van der Waals surface area contributed by atoms with Gasteiger partial charge in [0.05, 0.1) is 18.8 Å². The summed E-state index contributed by atoms with van der Waals surface area (Å²) in [4.78, 5) is 25.8. The molecule has 0 aliphatic carbocycles. The van der Waals surface area contributed by atoms with Crippen molar-refractivity contribution in [1.29, 1.82) is 0 Å². The van der Waals surface area contributed by atoms with Crippen molar-refractivity contribution in [2.45, 2.75) is 45.1 Å². The molecular formula is C19H25N3O4. The van der Waals surface area contributed by atoms with E-state index in [9.17, 15) is 9.59 Å². The van der Waals surface area contributed by atoms with Gasteiger partial charge in [0.2, 0.25) is 0 Å². The Labute approximate surface area is 152 Å². The van der Waals surface area contributed by atoms with Crippen molar-refractivity contribution >= 4 is 17.6 Å². The topological polar surface area (TPSA) is 73.1 Å². The number of hydrogen-bond donors (Lipinski definition) is 0. The van der Waals surface area contributed by atoms with Gasteiger partial charge in [-0.2, -0.15) is 5.10 Å². The first-order chi connectivity index (χ1) is 12.3. The summed E-state index contributed by atoms with van der Waals surface area (Å²) < 4.78 is 11.9. The highest BCUT2D eigenvalue weighted by Gasteiger charge is 2.28. The van der Waals surface area contributed by atoms with E-state index in [1.54, 1.807) is 9.42 Å². The number of esters is 1. The molecule has 0 aromatic carbocycles. The van der Waals surface area contributed by atoms with E-state index in [2.05, 4.69) is 5.10 Å². The molecule has 3 heterocycles. The van der Waals surface area contributed by atoms with E-state index in [1.807, 2.05) is 39.1 Å². The van der Waals surface area contributed by atoms with Crippen molar-refractivity contribution < 1.29 is 19.1 Å². The van der Waals surface area contributed by atoms with E-state index in [4.69, 9.17) is 9.47 Å². The van der Waals surface area contributed by atoms with Crippen molar-refractivity contribution in [3.8, 4) is 0 Å². The van der Waals surface area contributed by atoms with Crippen molar-refractivity contribution in [2.75, 3.05) is 20.2 Å². The van der Waals surface area contributed by atoms with Crippen LogP contribution in [0.2, 0.25) is 0 Å². The molecule has 2 aromatic heterocycles. The lowest BCUT2D eigenvalue weighted by atomic mass is 9.90. The Kier molecular flexibility index (Phi) is 4.89. The Morgan fingerprint density at radius 3 is 2.54 bits per heavy atom. The molecule has 1 aliphatic rings. The maximum absolute atomic E-state index is 12.2. The van der Waals surface area contributed by atoms with Gasteiger partial charge in [-0.3, -0.25) is 0 Å². The predicted molar refractivity (Wildman–Crippen MR) is 96.3 cm³/mol. The van der Waals surface area contributed by atoms with Crippen LogP contribution in [-0.4, -0.2) is 52.4 Å². The first-order valence-corrected chi connectivity index (χ1v) is 8.82. The second kappa shape index (κ2) is 6.97. The summed E-state index contributed by atoms with van der Waals surface area (Å²) in [7, 11) is 1.36. The molecule has 2 aromatic rings. The van der Waals surface area contributed by atoms with E-state index in [0.29, 0.717) is 24.6 Å². The maximum atomic E-state index is 12.2. The number of piperidine rings is 1. The van der Waals surface area contributed by atoms with E-state index >= 15 is 0 Å². The van der Waals surface area contributed by atoms with Crippen molar-refractivity contribution in [3.63, 3.8) is 0 Å². The number of likely N-dealkylation sites (tertiary alicyclic amines) is 1. The molecule has 0 bridgehead atoms. The third-order valence-corrected chi connectivity index (χ3v) is 4.57. The van der Waals surface area contributed by atoms with Crippen molar-refractivity contribution in [3.05, 3.63) is 35.7 Å². The van der Waals surface area contributed by atoms with Crippen LogP contribution in [0, 0.1) is 0 Å². The number of nitrogens with zero attached hydrogens (tertiary/aromatic N) is 3. The van der Waals surface area contributed by atoms with Gasteiger partial charge in [-0.1, -0.05) is 0 Å². The Morgan fingerprint density at radius 1 is 1.23 bits per heavy atom. The molecule has 0 N–H and O–H groups in total. The highest BCUT2D eigenvalue weighted by molar-refractivity contribution is 5.96. The Bertz CT molecular complexity index is 814. The predicted octanol–water partition coefficient (Wildman–Crippen LogP) is 3.24. The van der Waals surface area contributed by atoms with E-state index in [1.165, 1.54) is 13.3 Å². The van der Waals surface area contributed by atoms with Crippen molar-refractivity contribution in [2.24, 2.45) is 0 Å². The zero-order valence-corrected chi connectivity index (χ0v) is 15.7. The first kappa shape index (κ1) is 18.2. The number of aromatic nitrogens is 2. The standard InChI is InChI=1S/C19H25N3O4/c1-19(2,3)26-18(24)21-8-5-13(6-9-21)14-7-10-22-16(11-14)15(12-20-22)17(23)25-4/h7,10-13H,5-6,8-9H2,1-4H3. The smallest absolute Gasteiger partial charge is 0.410 e. The van der Waals surface area contributed by atoms with Crippen LogP contribution in [0.25, 0.3) is 5.52 Å². The molecule has 3 rings (SSSR count). The van der Waals surface area contributed by atoms with Gasteiger partial charge >= 0.3 is 12.1 Å². The van der Waals surface area contributed by atoms with Gasteiger partial charge in [0.15, 0.2) is 0 Å². The molecule has 0 saturated carbocycles. The van der Waals surface area contributed by atoms with Crippen LogP contribution in [0.15, 0.2) is 24.5 Å². The second-order valence-electron chi connectivity index (χ2n) is 7.58. The zero-order chi connectivity index (χ0) is 18.9. The monoisotopic (exact) mass is 359 g/mol. The lowest BCUT2D eigenvalue weighted by molar-refractivity contribution is 0.0204. The maximum Gasteiger partial charge on any atom is 0.410 e. The van der Waals surface area contributed by atoms with Crippen LogP contribution >= 0.6 is 0 Å². The largest absolute Gasteiger partial charge is 0.465 e. The SMILES string of the molecule is COC(=O)c1cnn2ccc(C3CCN(C(=O)OC(C)(C)C)CC3)cc12. The fourth-order valence-corrected chi connectivity index (χ4v) is 3.24. The fraction of sp³-hybridized carbons (Fsp3) is 0.526. The molecule has 1 saturated heterocycles. The number of hydrogen-bond acceptors (Lipinski definition) is 5. The lowest BCUT2D eigenvalue weighted by Gasteiger charge is -2.33. The summed E-state index contributed by atoms with van der Waals surface area (Å²) >= 11 is 0. The molecule has 140 valence electrons. The van der Waals surface area contributed by atoms with E-state index in [-0.39, 0.29) is 6.09 Å². The number of carbonyl (C=O) groups excluding carboxylic acids is 2. The van der Waals surface area contributed by atoms with Gasteiger partial charge in [-0.25, -0.2) is 14.1 Å². The summed E-state index contributed by atoms with van der Waals surface area (Å²) in [6.07, 6.45) is 4.84. The van der Waals surface area contributed by atoms with Gasteiger partial charge in [0.25, 0.3) is 0 Å². The molecule has 1 amide bonds. The van der Waals surface area contributed by atoms with Gasteiger partial charge in [-0.15, -0.1) is 0 Å². The molecule has 0 radical (unpaired) electrons. The minimum absolute atomic E-state index is 0.254. The third kappa shape index (κ3) is 3.81. The highest BCUT2D eigenvalue weighted by Crippen LogP contribution is 2.30. The van der Waals surface area contributed by atoms with Crippen LogP contribution in [-0.2, 0) is 9.47 Å². The lowest BCUT2D eigenvalue weighted by Crippen LogP contribution is -2.41. The number of methoxy groups -OCH3 is 1. The second-order valence-corrected chi connectivity index (χ2v) is 7.58. The van der Waals surface area contributed by atoms with Crippen molar-refractivity contribution in [1.82, 2.24) is 14.5 Å². The fourth-order valence-electron chi connectivity index (χ4n) is 3.24. The van der Waals surface area contributed by atoms with Crippen LogP contribution in [0.4, 0.5) is 4.79 Å². The molecule has 0 unspecified atom stereocenters. The number of rotatable bonds is 2. The van der Waals surface area contributed by atoms with Crippen LogP contribution in [0.3, 0.4) is 0 Å². The summed E-state index contributed by atoms with van der Waals surface area (Å²) in [5.41, 5.74) is 1.86. The average Bonchev–Trinajstić information content (AvgIpc) is 3.03. The number of carbonyl (C=O) groups is 2. The number of pyridine rings is 1. The number of fused-ring (bicyclic) bond motifs is 1. The minimum Gasteiger partial charge on any atom is -0.465 e. The average molecular weight is 359 g/mol. The normalized spacial score (nSPS) is 15.9. The minimum atomic E-state index is -0.481. The Hall–Kier alpha value is -2.57. The van der Waals surface area contributed by atoms with Crippen LogP contribution in [0.5, 0.6) is 0 Å². The zero-order valence-electron chi connectivity index (χ0n) is 15.7. The van der Waals surface area contributed by atoms with Crippen LogP contribution < -0.4 is 0 Å². The van der Waals surface area contributed by atoms with Gasteiger partial charge < -0.3 is 14.4 Å². The summed E-state index contributed by atoms with van der Waals surface area (Å²) in [6.45, 7) is 6.94. The third-order valence-electron chi connectivity index (χ3n) is 4.57. The summed E-state index contributed by atoms with van der Waals surface area (Å²) in [5.74, 6) is -0.0593. The number of ether oxygens (including phenoxy) is 2. The first-order valence-electron chi connectivity index (χ1n) is 8.82. The molecule has 1 fully saturated rings. The molecular weight excluding hydrogens is 334 g/mol. The summed E-state index contributed by atoms with van der Waals surface area (Å²) in [5, 5.41) is 4.19. The quantitative estimate of drug-likeness (QED) is 0.770. The molecule has 7 nitrogen and oxygen atoms in total. The van der Waals surface area contributed by atoms with Gasteiger partial charge in [-0.05, 0) is 57.2 Å². The molecule has 7 heteroatoms. The van der Waals surface area contributed by atoms with Gasteiger partial charge in [0, 0.05) is 19.3 Å². The van der Waals surface area contributed by atoms with Gasteiger partial charge in [0.1, 0.15) is 11.2 Å². The van der Waals surface area contributed by atoms with E-state index < -0.39 is 11.6 Å². The Balaban J connectivity index is 1.71. The highest BCUT2D eigenvalue weighted by atomic mass is 16.6. The summed E-state index contributed by atoms with van der Waals surface area (Å²) in [6, 6.07) is 4.02.